The molecule has 0 saturated carbocycles. The molecule has 8 nitrogen and oxygen atoms in total. The largest absolute Gasteiger partial charge is 0.481 e. The number of carboxylic acids is 1. The van der Waals surface area contributed by atoms with Gasteiger partial charge in [-0.3, -0.25) is 9.59 Å². The summed E-state index contributed by atoms with van der Waals surface area (Å²) in [6, 6.07) is 16.0. The van der Waals surface area contributed by atoms with E-state index < -0.39 is 12.1 Å². The molecule has 2 amide bonds. The van der Waals surface area contributed by atoms with Crippen LogP contribution in [0, 0.1) is 0 Å². The number of carbonyl (C=O) groups is 3. The molecule has 2 aromatic carbocycles. The number of aliphatic carboxylic acids is 1. The fraction of sp³-hybridized carbons (Fsp3) is 0.400. The highest BCUT2D eigenvalue weighted by Crippen LogP contribution is 2.44. The first kappa shape index (κ1) is 22.8. The first-order valence-electron chi connectivity index (χ1n) is 11.2. The van der Waals surface area contributed by atoms with Crippen LogP contribution < -0.4 is 5.32 Å². The SMILES string of the molecule is O=C(O)C[C@H]1CCCN1C(=O)COCCNC(=O)OCC1c2ccccc2-c2ccccc21. The summed E-state index contributed by atoms with van der Waals surface area (Å²) in [5.41, 5.74) is 4.64. The molecule has 8 heteroatoms. The maximum atomic E-state index is 12.3. The number of hydrogen-bond acceptors (Lipinski definition) is 5. The third-order valence-electron chi connectivity index (χ3n) is 6.19. The number of alkyl carbamates (subject to hydrolysis) is 1. The molecule has 1 aliphatic heterocycles. The van der Waals surface area contributed by atoms with Crippen LogP contribution in [0.15, 0.2) is 48.5 Å². The predicted octanol–water partition coefficient (Wildman–Crippen LogP) is 3.01. The second-order valence-electron chi connectivity index (χ2n) is 8.29. The van der Waals surface area contributed by atoms with E-state index in [0.29, 0.717) is 13.0 Å². The van der Waals surface area contributed by atoms with Gasteiger partial charge in [0.25, 0.3) is 0 Å². The number of fused-ring (bicyclic) bond motifs is 3. The molecule has 1 aliphatic carbocycles. The number of rotatable bonds is 9. The van der Waals surface area contributed by atoms with Gasteiger partial charge in [0.05, 0.1) is 13.0 Å². The van der Waals surface area contributed by atoms with Gasteiger partial charge in [-0.1, -0.05) is 48.5 Å². The van der Waals surface area contributed by atoms with Crippen molar-refractivity contribution < 1.29 is 29.0 Å². The third-order valence-corrected chi connectivity index (χ3v) is 6.19. The molecule has 1 atom stereocenters. The Bertz CT molecular complexity index is 978. The van der Waals surface area contributed by atoms with Crippen LogP contribution in [0.25, 0.3) is 11.1 Å². The van der Waals surface area contributed by atoms with E-state index in [0.717, 1.165) is 17.5 Å². The molecule has 2 aliphatic rings. The third kappa shape index (κ3) is 5.34. The van der Waals surface area contributed by atoms with Gasteiger partial charge in [-0.05, 0) is 35.1 Å². The summed E-state index contributed by atoms with van der Waals surface area (Å²) in [5.74, 6) is -1.14. The maximum absolute atomic E-state index is 12.3. The molecule has 4 rings (SSSR count). The van der Waals surface area contributed by atoms with Gasteiger partial charge < -0.3 is 24.8 Å². The van der Waals surface area contributed by atoms with Crippen LogP contribution in [0.3, 0.4) is 0 Å². The van der Waals surface area contributed by atoms with Crippen molar-refractivity contribution in [3.05, 3.63) is 59.7 Å². The number of nitrogens with one attached hydrogen (secondary N) is 1. The lowest BCUT2D eigenvalue weighted by Gasteiger charge is -2.23. The van der Waals surface area contributed by atoms with Crippen molar-refractivity contribution in [3.63, 3.8) is 0 Å². The minimum atomic E-state index is -0.909. The van der Waals surface area contributed by atoms with Gasteiger partial charge >= 0.3 is 12.1 Å². The fourth-order valence-corrected chi connectivity index (χ4v) is 4.69. The van der Waals surface area contributed by atoms with E-state index in [1.807, 2.05) is 24.3 Å². The summed E-state index contributed by atoms with van der Waals surface area (Å²) in [7, 11) is 0. The molecule has 1 heterocycles. The van der Waals surface area contributed by atoms with Crippen molar-refractivity contribution in [3.8, 4) is 11.1 Å². The number of benzene rings is 2. The minimum Gasteiger partial charge on any atom is -0.481 e. The Balaban J connectivity index is 1.17. The molecule has 0 aromatic heterocycles. The number of likely N-dealkylation sites (tertiary alicyclic amines) is 1. The lowest BCUT2D eigenvalue weighted by molar-refractivity contribution is -0.141. The number of nitrogens with zero attached hydrogens (tertiary/aromatic N) is 1. The van der Waals surface area contributed by atoms with E-state index >= 15 is 0 Å². The monoisotopic (exact) mass is 452 g/mol. The Morgan fingerprint density at radius 3 is 2.36 bits per heavy atom. The fourth-order valence-electron chi connectivity index (χ4n) is 4.69. The molecule has 0 radical (unpaired) electrons. The quantitative estimate of drug-likeness (QED) is 0.567. The van der Waals surface area contributed by atoms with Crippen LogP contribution in [-0.4, -0.2) is 66.9 Å². The molecular formula is C25H28N2O6. The first-order valence-corrected chi connectivity index (χ1v) is 11.2. The Labute approximate surface area is 192 Å². The van der Waals surface area contributed by atoms with Crippen molar-refractivity contribution in [2.45, 2.75) is 31.2 Å². The van der Waals surface area contributed by atoms with Crippen molar-refractivity contribution >= 4 is 18.0 Å². The van der Waals surface area contributed by atoms with Gasteiger partial charge in [0, 0.05) is 25.0 Å². The number of carbonyl (C=O) groups excluding carboxylic acids is 2. The van der Waals surface area contributed by atoms with Gasteiger partial charge in [-0.25, -0.2) is 4.79 Å². The van der Waals surface area contributed by atoms with Crippen LogP contribution in [0.4, 0.5) is 4.79 Å². The van der Waals surface area contributed by atoms with Crippen LogP contribution in [0.2, 0.25) is 0 Å². The van der Waals surface area contributed by atoms with Crippen LogP contribution in [0.5, 0.6) is 0 Å². The summed E-state index contributed by atoms with van der Waals surface area (Å²) >= 11 is 0. The van der Waals surface area contributed by atoms with Crippen molar-refractivity contribution in [2.75, 3.05) is 32.9 Å². The normalized spacial score (nSPS) is 16.8. The second-order valence-corrected chi connectivity index (χ2v) is 8.29. The second kappa shape index (κ2) is 10.5. The summed E-state index contributed by atoms with van der Waals surface area (Å²) in [5, 5.41) is 11.6. The summed E-state index contributed by atoms with van der Waals surface area (Å²) in [6.07, 6.45) is 0.914. The Morgan fingerprint density at radius 1 is 1.03 bits per heavy atom. The summed E-state index contributed by atoms with van der Waals surface area (Å²) in [4.78, 5) is 36.9. The van der Waals surface area contributed by atoms with E-state index in [9.17, 15) is 14.4 Å². The highest BCUT2D eigenvalue weighted by atomic mass is 16.5. The van der Waals surface area contributed by atoms with Gasteiger partial charge in [0.1, 0.15) is 13.2 Å². The summed E-state index contributed by atoms with van der Waals surface area (Å²) in [6.45, 7) is 1.02. The standard InChI is InChI=1S/C25H28N2O6/c28-23(27-12-5-6-17(27)14-24(29)30)16-32-13-11-26-25(31)33-15-22-20-9-3-1-7-18(20)19-8-2-4-10-21(19)22/h1-4,7-10,17,22H,5-6,11-16H2,(H,26,31)(H,29,30)/t17-/m1/s1. The Kier molecular flexibility index (Phi) is 7.24. The van der Waals surface area contributed by atoms with E-state index in [2.05, 4.69) is 29.6 Å². The number of carboxylic acid groups (broad SMARTS) is 1. The number of ether oxygens (including phenoxy) is 2. The zero-order chi connectivity index (χ0) is 23.2. The van der Waals surface area contributed by atoms with Gasteiger partial charge in [-0.2, -0.15) is 0 Å². The number of hydrogen-bond donors (Lipinski definition) is 2. The van der Waals surface area contributed by atoms with E-state index in [-0.39, 0.29) is 50.7 Å². The molecule has 2 N–H and O–H groups in total. The topological polar surface area (TPSA) is 105 Å². The smallest absolute Gasteiger partial charge is 0.407 e. The average molecular weight is 453 g/mol. The molecule has 174 valence electrons. The van der Waals surface area contributed by atoms with Gasteiger partial charge in [-0.15, -0.1) is 0 Å². The zero-order valence-corrected chi connectivity index (χ0v) is 18.4. The Hall–Kier alpha value is -3.39. The first-order chi connectivity index (χ1) is 16.0. The molecule has 1 fully saturated rings. The average Bonchev–Trinajstić information content (AvgIpc) is 3.39. The molecule has 0 unspecified atom stereocenters. The molecule has 33 heavy (non-hydrogen) atoms. The maximum Gasteiger partial charge on any atom is 0.407 e. The van der Waals surface area contributed by atoms with Gasteiger partial charge in [0.2, 0.25) is 5.91 Å². The molecule has 0 bridgehead atoms. The van der Waals surface area contributed by atoms with Crippen molar-refractivity contribution in [1.82, 2.24) is 10.2 Å². The van der Waals surface area contributed by atoms with Crippen molar-refractivity contribution in [1.29, 1.82) is 0 Å². The highest BCUT2D eigenvalue weighted by molar-refractivity contribution is 5.80. The van der Waals surface area contributed by atoms with E-state index in [1.54, 1.807) is 4.90 Å². The molecule has 1 saturated heterocycles. The molecule has 0 spiro atoms. The predicted molar refractivity (Wildman–Crippen MR) is 121 cm³/mol. The van der Waals surface area contributed by atoms with Crippen LogP contribution >= 0.6 is 0 Å². The van der Waals surface area contributed by atoms with Crippen molar-refractivity contribution in [2.24, 2.45) is 0 Å². The van der Waals surface area contributed by atoms with Crippen LogP contribution in [-0.2, 0) is 19.1 Å². The van der Waals surface area contributed by atoms with Crippen LogP contribution in [0.1, 0.15) is 36.3 Å². The molecule has 2 aromatic rings. The minimum absolute atomic E-state index is 0.00349. The zero-order valence-electron chi connectivity index (χ0n) is 18.4. The van der Waals surface area contributed by atoms with E-state index in [4.69, 9.17) is 14.6 Å². The highest BCUT2D eigenvalue weighted by Gasteiger charge is 2.30. The Morgan fingerprint density at radius 2 is 1.70 bits per heavy atom. The number of amides is 2. The lowest BCUT2D eigenvalue weighted by Crippen LogP contribution is -2.39. The summed E-state index contributed by atoms with van der Waals surface area (Å²) < 4.78 is 10.8. The van der Waals surface area contributed by atoms with E-state index in [1.165, 1.54) is 11.1 Å². The molecular weight excluding hydrogens is 424 g/mol. The lowest BCUT2D eigenvalue weighted by atomic mass is 9.98. The van der Waals surface area contributed by atoms with Gasteiger partial charge in [0.15, 0.2) is 0 Å².